The molecule has 0 aliphatic carbocycles. The van der Waals surface area contributed by atoms with E-state index in [4.69, 9.17) is 4.43 Å². The average molecular weight is 280 g/mol. The molecular formula is C18H20OSi. The highest BCUT2D eigenvalue weighted by Gasteiger charge is 2.22. The minimum atomic E-state index is -1.28. The maximum atomic E-state index is 6.14. The molecular weight excluding hydrogens is 260 g/mol. The van der Waals surface area contributed by atoms with Crippen molar-refractivity contribution in [3.05, 3.63) is 71.8 Å². The normalized spacial score (nSPS) is 19.8. The molecule has 1 aliphatic rings. The van der Waals surface area contributed by atoms with E-state index in [-0.39, 0.29) is 0 Å². The summed E-state index contributed by atoms with van der Waals surface area (Å²) in [4.78, 5) is 0. The second-order valence-electron chi connectivity index (χ2n) is 5.23. The Morgan fingerprint density at radius 1 is 0.900 bits per heavy atom. The second-order valence-corrected chi connectivity index (χ2v) is 7.74. The first-order valence-electron chi connectivity index (χ1n) is 7.37. The SMILES string of the molecule is C(=C(\c1ccccc1)[SiH]1CCCCO1)/c1ccccc1. The molecule has 20 heavy (non-hydrogen) atoms. The fraction of sp³-hybridized carbons (Fsp3) is 0.222. The lowest BCUT2D eigenvalue weighted by atomic mass is 10.1. The van der Waals surface area contributed by atoms with Gasteiger partial charge in [-0.15, -0.1) is 0 Å². The first-order valence-corrected chi connectivity index (χ1v) is 9.24. The van der Waals surface area contributed by atoms with E-state index in [9.17, 15) is 0 Å². The molecule has 1 atom stereocenters. The molecule has 1 unspecified atom stereocenters. The molecule has 102 valence electrons. The summed E-state index contributed by atoms with van der Waals surface area (Å²) in [5.74, 6) is 0. The van der Waals surface area contributed by atoms with E-state index in [1.165, 1.54) is 35.2 Å². The third kappa shape index (κ3) is 3.27. The number of hydrogen-bond donors (Lipinski definition) is 0. The Morgan fingerprint density at radius 3 is 2.25 bits per heavy atom. The third-order valence-electron chi connectivity index (χ3n) is 3.76. The first-order chi connectivity index (χ1) is 9.93. The lowest BCUT2D eigenvalue weighted by molar-refractivity contribution is 0.295. The van der Waals surface area contributed by atoms with Crippen LogP contribution in [0.25, 0.3) is 11.3 Å². The van der Waals surface area contributed by atoms with Crippen molar-refractivity contribution in [2.75, 3.05) is 6.61 Å². The Hall–Kier alpha value is -1.64. The Bertz CT molecular complexity index is 556. The molecule has 0 saturated carbocycles. The zero-order valence-corrected chi connectivity index (χ0v) is 12.8. The molecule has 2 aromatic carbocycles. The molecule has 3 rings (SSSR count). The molecule has 1 fully saturated rings. The van der Waals surface area contributed by atoms with Crippen LogP contribution in [0.4, 0.5) is 0 Å². The average Bonchev–Trinajstić information content (AvgIpc) is 2.55. The van der Waals surface area contributed by atoms with Crippen LogP contribution in [0.5, 0.6) is 0 Å². The summed E-state index contributed by atoms with van der Waals surface area (Å²) in [6, 6.07) is 22.6. The maximum absolute atomic E-state index is 6.14. The zero-order valence-electron chi connectivity index (χ0n) is 11.7. The summed E-state index contributed by atoms with van der Waals surface area (Å²) in [5, 5.41) is 1.44. The Kier molecular flexibility index (Phi) is 4.46. The fourth-order valence-electron chi connectivity index (χ4n) is 2.71. The van der Waals surface area contributed by atoms with Crippen molar-refractivity contribution in [3.8, 4) is 0 Å². The van der Waals surface area contributed by atoms with Crippen molar-refractivity contribution in [2.45, 2.75) is 18.9 Å². The third-order valence-corrected chi connectivity index (χ3v) is 6.52. The minimum Gasteiger partial charge on any atom is -0.415 e. The van der Waals surface area contributed by atoms with Crippen LogP contribution in [-0.2, 0) is 4.43 Å². The summed E-state index contributed by atoms with van der Waals surface area (Å²) in [6.07, 6.45) is 4.87. The topological polar surface area (TPSA) is 9.23 Å². The van der Waals surface area contributed by atoms with Crippen LogP contribution in [0.2, 0.25) is 6.04 Å². The highest BCUT2D eigenvalue weighted by Crippen LogP contribution is 2.27. The van der Waals surface area contributed by atoms with Gasteiger partial charge in [-0.25, -0.2) is 0 Å². The van der Waals surface area contributed by atoms with Crippen LogP contribution >= 0.6 is 0 Å². The number of rotatable bonds is 3. The van der Waals surface area contributed by atoms with Crippen LogP contribution in [0, 0.1) is 0 Å². The van der Waals surface area contributed by atoms with Gasteiger partial charge in [-0.05, 0) is 28.8 Å². The summed E-state index contributed by atoms with van der Waals surface area (Å²) >= 11 is 0. The van der Waals surface area contributed by atoms with E-state index in [0.29, 0.717) is 0 Å². The van der Waals surface area contributed by atoms with Gasteiger partial charge >= 0.3 is 0 Å². The van der Waals surface area contributed by atoms with Gasteiger partial charge in [0.1, 0.15) is 0 Å². The van der Waals surface area contributed by atoms with Crippen molar-refractivity contribution in [1.29, 1.82) is 0 Å². The van der Waals surface area contributed by atoms with Crippen molar-refractivity contribution < 1.29 is 4.43 Å². The predicted molar refractivity (Wildman–Crippen MR) is 87.9 cm³/mol. The van der Waals surface area contributed by atoms with Crippen LogP contribution in [0.3, 0.4) is 0 Å². The van der Waals surface area contributed by atoms with Crippen LogP contribution in [0.1, 0.15) is 24.0 Å². The number of benzene rings is 2. The fourth-order valence-corrected chi connectivity index (χ4v) is 5.42. The molecule has 1 aliphatic heterocycles. The van der Waals surface area contributed by atoms with Crippen molar-refractivity contribution in [2.24, 2.45) is 0 Å². The molecule has 1 saturated heterocycles. The van der Waals surface area contributed by atoms with E-state index in [1.54, 1.807) is 0 Å². The van der Waals surface area contributed by atoms with Crippen LogP contribution in [-0.4, -0.2) is 15.6 Å². The van der Waals surface area contributed by atoms with Crippen LogP contribution < -0.4 is 0 Å². The standard InChI is InChI=1S/C18H20OSi/c1-3-9-16(10-4-1)15-18(17-11-5-2-6-12-17)20-14-8-7-13-19-20/h1-6,9-12,15,20H,7-8,13-14H2/b18-15-. The van der Waals surface area contributed by atoms with E-state index in [1.807, 2.05) is 0 Å². The van der Waals surface area contributed by atoms with Gasteiger partial charge in [-0.1, -0.05) is 73.2 Å². The lowest BCUT2D eigenvalue weighted by Crippen LogP contribution is -2.25. The van der Waals surface area contributed by atoms with Gasteiger partial charge in [0.15, 0.2) is 0 Å². The largest absolute Gasteiger partial charge is 0.415 e. The lowest BCUT2D eigenvalue weighted by Gasteiger charge is -2.24. The summed E-state index contributed by atoms with van der Waals surface area (Å²) in [6.45, 7) is 0.940. The van der Waals surface area contributed by atoms with Crippen molar-refractivity contribution in [3.63, 3.8) is 0 Å². The molecule has 0 spiro atoms. The van der Waals surface area contributed by atoms with Crippen molar-refractivity contribution in [1.82, 2.24) is 0 Å². The molecule has 0 bridgehead atoms. The molecule has 0 radical (unpaired) electrons. The second kappa shape index (κ2) is 6.68. The van der Waals surface area contributed by atoms with E-state index in [2.05, 4.69) is 66.7 Å². The zero-order chi connectivity index (χ0) is 13.6. The van der Waals surface area contributed by atoms with Gasteiger partial charge in [0.25, 0.3) is 0 Å². The summed E-state index contributed by atoms with van der Waals surface area (Å²) in [5.41, 5.74) is 2.60. The quantitative estimate of drug-likeness (QED) is 0.601. The van der Waals surface area contributed by atoms with Gasteiger partial charge in [0.2, 0.25) is 9.04 Å². The Morgan fingerprint density at radius 2 is 1.60 bits per heavy atom. The van der Waals surface area contributed by atoms with Gasteiger partial charge in [0, 0.05) is 6.61 Å². The Labute approximate surface area is 122 Å². The molecule has 0 aromatic heterocycles. The predicted octanol–water partition coefficient (Wildman–Crippen LogP) is 4.30. The highest BCUT2D eigenvalue weighted by molar-refractivity contribution is 6.75. The van der Waals surface area contributed by atoms with Gasteiger partial charge in [-0.3, -0.25) is 0 Å². The highest BCUT2D eigenvalue weighted by atomic mass is 28.3. The number of hydrogen-bond acceptors (Lipinski definition) is 1. The van der Waals surface area contributed by atoms with Gasteiger partial charge in [0.05, 0.1) is 0 Å². The van der Waals surface area contributed by atoms with E-state index >= 15 is 0 Å². The smallest absolute Gasteiger partial charge is 0.208 e. The first kappa shape index (κ1) is 13.3. The summed E-state index contributed by atoms with van der Waals surface area (Å²) in [7, 11) is -1.28. The van der Waals surface area contributed by atoms with E-state index in [0.717, 1.165) is 6.61 Å². The molecule has 0 amide bonds. The van der Waals surface area contributed by atoms with Gasteiger partial charge in [-0.2, -0.15) is 0 Å². The van der Waals surface area contributed by atoms with Gasteiger partial charge < -0.3 is 4.43 Å². The molecule has 0 N–H and O–H groups in total. The van der Waals surface area contributed by atoms with Crippen LogP contribution in [0.15, 0.2) is 60.7 Å². The molecule has 1 heterocycles. The van der Waals surface area contributed by atoms with E-state index < -0.39 is 9.04 Å². The van der Waals surface area contributed by atoms with Crippen molar-refractivity contribution >= 4 is 20.3 Å². The Balaban J connectivity index is 1.97. The maximum Gasteiger partial charge on any atom is 0.208 e. The molecule has 2 heteroatoms. The monoisotopic (exact) mass is 280 g/mol. The summed E-state index contributed by atoms with van der Waals surface area (Å²) < 4.78 is 6.14. The minimum absolute atomic E-state index is 0.940. The molecule has 1 nitrogen and oxygen atoms in total. The molecule has 2 aromatic rings.